The second-order valence-corrected chi connectivity index (χ2v) is 4.66. The van der Waals surface area contributed by atoms with Crippen LogP contribution < -0.4 is 4.74 Å². The van der Waals surface area contributed by atoms with Crippen LogP contribution in [0.3, 0.4) is 0 Å². The third kappa shape index (κ3) is 3.05. The molecule has 2 nitrogen and oxygen atoms in total. The van der Waals surface area contributed by atoms with E-state index in [4.69, 9.17) is 4.74 Å². The molecule has 104 valence electrons. The molecule has 0 spiro atoms. The molecule has 0 N–H and O–H groups in total. The first-order valence-corrected chi connectivity index (χ1v) is 6.66. The van der Waals surface area contributed by atoms with Gasteiger partial charge in [0, 0.05) is 0 Å². The molecule has 0 unspecified atom stereocenters. The molecule has 20 heavy (non-hydrogen) atoms. The van der Waals surface area contributed by atoms with Crippen LogP contribution in [0.25, 0.3) is 0 Å². The lowest BCUT2D eigenvalue weighted by Crippen LogP contribution is -2.08. The molecule has 0 atom stereocenters. The van der Waals surface area contributed by atoms with Crippen LogP contribution in [0, 0.1) is 12.7 Å². The molecule has 2 rings (SSSR count). The number of aryl methyl sites for hydroxylation is 1. The molecule has 0 aliphatic carbocycles. The average molecular weight is 272 g/mol. The van der Waals surface area contributed by atoms with E-state index in [-0.39, 0.29) is 11.3 Å². The number of hydrogen-bond donors (Lipinski definition) is 0. The Morgan fingerprint density at radius 2 is 1.90 bits per heavy atom. The molecule has 0 amide bonds. The van der Waals surface area contributed by atoms with Crippen molar-refractivity contribution in [1.82, 2.24) is 0 Å². The molecule has 0 saturated heterocycles. The van der Waals surface area contributed by atoms with Crippen LogP contribution >= 0.6 is 0 Å². The zero-order chi connectivity index (χ0) is 14.5. The summed E-state index contributed by atoms with van der Waals surface area (Å²) in [5.41, 5.74) is 1.41. The van der Waals surface area contributed by atoms with Crippen LogP contribution in [0.2, 0.25) is 0 Å². The summed E-state index contributed by atoms with van der Waals surface area (Å²) in [5.74, 6) is -0.357. The van der Waals surface area contributed by atoms with Gasteiger partial charge >= 0.3 is 0 Å². The lowest BCUT2D eigenvalue weighted by atomic mass is 10.00. The van der Waals surface area contributed by atoms with Crippen molar-refractivity contribution in [1.29, 1.82) is 0 Å². The smallest absolute Gasteiger partial charge is 0.199 e. The summed E-state index contributed by atoms with van der Waals surface area (Å²) < 4.78 is 19.3. The summed E-state index contributed by atoms with van der Waals surface area (Å²) >= 11 is 0. The number of carbonyl (C=O) groups is 1. The first kappa shape index (κ1) is 14.3. The van der Waals surface area contributed by atoms with Gasteiger partial charge in [0.1, 0.15) is 11.6 Å². The van der Waals surface area contributed by atoms with Gasteiger partial charge in [0.15, 0.2) is 5.78 Å². The number of benzene rings is 2. The highest BCUT2D eigenvalue weighted by atomic mass is 19.1. The van der Waals surface area contributed by atoms with Crippen molar-refractivity contribution in [3.8, 4) is 5.75 Å². The van der Waals surface area contributed by atoms with Crippen LogP contribution in [0.4, 0.5) is 4.39 Å². The standard InChI is InChI=1S/C17H17FO2/c1-3-10-20-16-9-8-12(2)11-14(16)17(19)13-6-4-5-7-15(13)18/h4-9,11H,3,10H2,1-2H3. The third-order valence-electron chi connectivity index (χ3n) is 2.96. The van der Waals surface area contributed by atoms with Gasteiger partial charge in [-0.1, -0.05) is 30.7 Å². The highest BCUT2D eigenvalue weighted by Crippen LogP contribution is 2.24. The molecule has 0 aliphatic heterocycles. The minimum atomic E-state index is -0.513. The zero-order valence-corrected chi connectivity index (χ0v) is 11.7. The minimum Gasteiger partial charge on any atom is -0.493 e. The molecule has 0 aliphatic rings. The van der Waals surface area contributed by atoms with E-state index in [1.807, 2.05) is 19.9 Å². The van der Waals surface area contributed by atoms with Gasteiger partial charge in [-0.2, -0.15) is 0 Å². The van der Waals surface area contributed by atoms with Gasteiger partial charge in [-0.05, 0) is 37.6 Å². The summed E-state index contributed by atoms with van der Waals surface area (Å²) in [5, 5.41) is 0. The Hall–Kier alpha value is -2.16. The van der Waals surface area contributed by atoms with Crippen LogP contribution in [-0.4, -0.2) is 12.4 Å². The number of rotatable bonds is 5. The fourth-order valence-corrected chi connectivity index (χ4v) is 1.95. The van der Waals surface area contributed by atoms with Crippen LogP contribution in [-0.2, 0) is 0 Å². The van der Waals surface area contributed by atoms with Crippen molar-refractivity contribution < 1.29 is 13.9 Å². The van der Waals surface area contributed by atoms with E-state index in [1.54, 1.807) is 24.3 Å². The summed E-state index contributed by atoms with van der Waals surface area (Å²) in [4.78, 5) is 12.5. The molecule has 0 radical (unpaired) electrons. The van der Waals surface area contributed by atoms with Crippen molar-refractivity contribution in [3.63, 3.8) is 0 Å². The topological polar surface area (TPSA) is 26.3 Å². The van der Waals surface area contributed by atoms with Crippen molar-refractivity contribution in [2.75, 3.05) is 6.61 Å². The highest BCUT2D eigenvalue weighted by molar-refractivity contribution is 6.11. The van der Waals surface area contributed by atoms with Crippen molar-refractivity contribution in [2.45, 2.75) is 20.3 Å². The van der Waals surface area contributed by atoms with E-state index in [1.165, 1.54) is 12.1 Å². The van der Waals surface area contributed by atoms with E-state index in [0.29, 0.717) is 17.9 Å². The van der Waals surface area contributed by atoms with Gasteiger partial charge in [0.25, 0.3) is 0 Å². The van der Waals surface area contributed by atoms with E-state index in [9.17, 15) is 9.18 Å². The summed E-state index contributed by atoms with van der Waals surface area (Å²) in [6.45, 7) is 4.41. The second kappa shape index (κ2) is 6.33. The summed E-state index contributed by atoms with van der Waals surface area (Å²) in [6, 6.07) is 11.4. The molecule has 0 heterocycles. The van der Waals surface area contributed by atoms with E-state index in [0.717, 1.165) is 12.0 Å². The van der Waals surface area contributed by atoms with Crippen molar-refractivity contribution in [2.24, 2.45) is 0 Å². The van der Waals surface area contributed by atoms with E-state index in [2.05, 4.69) is 0 Å². The molecule has 0 bridgehead atoms. The third-order valence-corrected chi connectivity index (χ3v) is 2.96. The molecule has 3 heteroatoms. The molecular formula is C17H17FO2. The highest BCUT2D eigenvalue weighted by Gasteiger charge is 2.18. The average Bonchev–Trinajstić information content (AvgIpc) is 2.46. The number of ether oxygens (including phenoxy) is 1. The molecule has 2 aromatic rings. The zero-order valence-electron chi connectivity index (χ0n) is 11.7. The predicted octanol–water partition coefficient (Wildman–Crippen LogP) is 4.15. The Labute approximate surface area is 118 Å². The largest absolute Gasteiger partial charge is 0.493 e. The fraction of sp³-hybridized carbons (Fsp3) is 0.235. The lowest BCUT2D eigenvalue weighted by Gasteiger charge is -2.11. The normalized spacial score (nSPS) is 10.3. The van der Waals surface area contributed by atoms with Gasteiger partial charge in [0.2, 0.25) is 0 Å². The summed E-state index contributed by atoms with van der Waals surface area (Å²) in [7, 11) is 0. The second-order valence-electron chi connectivity index (χ2n) is 4.66. The molecule has 2 aromatic carbocycles. The first-order chi connectivity index (χ1) is 9.63. The molecule has 0 fully saturated rings. The lowest BCUT2D eigenvalue weighted by molar-refractivity contribution is 0.103. The number of ketones is 1. The Morgan fingerprint density at radius 3 is 2.60 bits per heavy atom. The van der Waals surface area contributed by atoms with E-state index < -0.39 is 5.82 Å². The Bertz CT molecular complexity index is 620. The predicted molar refractivity (Wildman–Crippen MR) is 76.8 cm³/mol. The Kier molecular flexibility index (Phi) is 4.51. The molecule has 0 saturated carbocycles. The van der Waals surface area contributed by atoms with Crippen LogP contribution in [0.15, 0.2) is 42.5 Å². The number of hydrogen-bond acceptors (Lipinski definition) is 2. The van der Waals surface area contributed by atoms with Crippen LogP contribution in [0.5, 0.6) is 5.75 Å². The quantitative estimate of drug-likeness (QED) is 0.764. The molecular weight excluding hydrogens is 255 g/mol. The monoisotopic (exact) mass is 272 g/mol. The maximum atomic E-state index is 13.7. The number of carbonyl (C=O) groups excluding carboxylic acids is 1. The van der Waals surface area contributed by atoms with Gasteiger partial charge in [0.05, 0.1) is 17.7 Å². The van der Waals surface area contributed by atoms with E-state index >= 15 is 0 Å². The minimum absolute atomic E-state index is 0.0689. The Balaban J connectivity index is 2.43. The van der Waals surface area contributed by atoms with Crippen molar-refractivity contribution >= 4 is 5.78 Å². The van der Waals surface area contributed by atoms with Gasteiger partial charge in [-0.15, -0.1) is 0 Å². The summed E-state index contributed by atoms with van der Waals surface area (Å²) in [6.07, 6.45) is 0.848. The van der Waals surface area contributed by atoms with Crippen molar-refractivity contribution in [3.05, 3.63) is 65.0 Å². The van der Waals surface area contributed by atoms with Gasteiger partial charge in [-0.3, -0.25) is 4.79 Å². The van der Waals surface area contributed by atoms with Crippen LogP contribution in [0.1, 0.15) is 34.8 Å². The SMILES string of the molecule is CCCOc1ccc(C)cc1C(=O)c1ccccc1F. The van der Waals surface area contributed by atoms with Gasteiger partial charge in [-0.25, -0.2) is 4.39 Å². The maximum absolute atomic E-state index is 13.7. The number of halogens is 1. The fourth-order valence-electron chi connectivity index (χ4n) is 1.95. The first-order valence-electron chi connectivity index (χ1n) is 6.66. The van der Waals surface area contributed by atoms with Gasteiger partial charge < -0.3 is 4.74 Å². The molecule has 0 aromatic heterocycles. The Morgan fingerprint density at radius 1 is 1.15 bits per heavy atom. The maximum Gasteiger partial charge on any atom is 0.199 e.